The number of nitrogens with zero attached hydrogens (tertiary/aromatic N) is 3. The van der Waals surface area contributed by atoms with E-state index in [2.05, 4.69) is 45.3 Å². The highest BCUT2D eigenvalue weighted by molar-refractivity contribution is 5.55. The molecular weight excluding hydrogens is 342 g/mol. The quantitative estimate of drug-likeness (QED) is 0.679. The fraction of sp³-hybridized carbons (Fsp3) is 0.600. The third-order valence-electron chi connectivity index (χ3n) is 7.84. The van der Waals surface area contributed by atoms with E-state index in [0.717, 1.165) is 18.4 Å². The number of aryl methyl sites for hydroxylation is 1. The fourth-order valence-corrected chi connectivity index (χ4v) is 6.53. The largest absolute Gasteiger partial charge is 0.331 e. The first-order valence-corrected chi connectivity index (χ1v) is 11.7. The van der Waals surface area contributed by atoms with Crippen LogP contribution in [-0.2, 0) is 6.42 Å². The van der Waals surface area contributed by atoms with Gasteiger partial charge < -0.3 is 4.90 Å². The van der Waals surface area contributed by atoms with Gasteiger partial charge in [0.15, 0.2) is 0 Å². The molecule has 6 rings (SSSR count). The molecule has 0 amide bonds. The van der Waals surface area contributed by atoms with Crippen molar-refractivity contribution >= 4 is 5.69 Å². The minimum Gasteiger partial charge on any atom is -0.331 e. The number of para-hydroxylation sites is 1. The Hall–Kier alpha value is -1.90. The first kappa shape index (κ1) is 17.0. The van der Waals surface area contributed by atoms with Crippen molar-refractivity contribution in [2.75, 3.05) is 24.6 Å². The minimum atomic E-state index is 0.779. The molecule has 1 saturated carbocycles. The van der Waals surface area contributed by atoms with Crippen molar-refractivity contribution in [3.05, 3.63) is 53.0 Å². The van der Waals surface area contributed by atoms with Crippen molar-refractivity contribution in [2.24, 2.45) is 11.8 Å². The smallest absolute Gasteiger partial charge is 0.127 e. The highest BCUT2D eigenvalue weighted by Gasteiger charge is 2.43. The van der Waals surface area contributed by atoms with Crippen LogP contribution >= 0.6 is 0 Å². The molecule has 5 aliphatic rings. The van der Waals surface area contributed by atoms with Crippen molar-refractivity contribution in [3.8, 4) is 0 Å². The van der Waals surface area contributed by atoms with Crippen LogP contribution in [0.3, 0.4) is 0 Å². The molecule has 1 aromatic carbocycles. The Bertz CT molecular complexity index is 823. The lowest BCUT2D eigenvalue weighted by molar-refractivity contribution is 0.237. The van der Waals surface area contributed by atoms with Gasteiger partial charge in [-0.2, -0.15) is 0 Å². The summed E-state index contributed by atoms with van der Waals surface area (Å²) in [5, 5.41) is 5.37. The van der Waals surface area contributed by atoms with E-state index < -0.39 is 0 Å². The zero-order valence-electron chi connectivity index (χ0n) is 17.1. The van der Waals surface area contributed by atoms with E-state index in [1.807, 2.05) is 0 Å². The van der Waals surface area contributed by atoms with Gasteiger partial charge in [0.1, 0.15) is 5.82 Å². The number of hydrogen-bond acceptors (Lipinski definition) is 3. The molecule has 1 aromatic rings. The number of hydrazine groups is 1. The predicted octanol–water partition coefficient (Wildman–Crippen LogP) is 5.46. The summed E-state index contributed by atoms with van der Waals surface area (Å²) in [6.45, 7) is 3.60. The van der Waals surface area contributed by atoms with Crippen LogP contribution in [0.2, 0.25) is 0 Å². The van der Waals surface area contributed by atoms with Crippen molar-refractivity contribution < 1.29 is 0 Å². The lowest BCUT2D eigenvalue weighted by atomic mass is 9.86. The Labute approximate surface area is 169 Å². The second-order valence-corrected chi connectivity index (χ2v) is 9.43. The molecule has 2 atom stereocenters. The Kier molecular flexibility index (Phi) is 4.17. The molecule has 2 fully saturated rings. The zero-order valence-corrected chi connectivity index (χ0v) is 17.1. The van der Waals surface area contributed by atoms with Crippen LogP contribution in [0.5, 0.6) is 0 Å². The fourth-order valence-electron chi connectivity index (χ4n) is 6.53. The minimum absolute atomic E-state index is 0.779. The number of benzene rings is 1. The lowest BCUT2D eigenvalue weighted by Crippen LogP contribution is -2.47. The van der Waals surface area contributed by atoms with E-state index in [9.17, 15) is 0 Å². The number of anilines is 1. The monoisotopic (exact) mass is 375 g/mol. The summed E-state index contributed by atoms with van der Waals surface area (Å²) in [5.74, 6) is 3.19. The average Bonchev–Trinajstić information content (AvgIpc) is 3.34. The van der Waals surface area contributed by atoms with Gasteiger partial charge in [-0.1, -0.05) is 30.7 Å². The van der Waals surface area contributed by atoms with Crippen LogP contribution in [0, 0.1) is 11.8 Å². The number of hydrogen-bond donors (Lipinski definition) is 0. The van der Waals surface area contributed by atoms with Crippen LogP contribution in [0.1, 0.15) is 63.4 Å². The molecule has 3 heteroatoms. The van der Waals surface area contributed by atoms with Gasteiger partial charge in [-0.15, -0.1) is 0 Å². The number of fused-ring (bicyclic) bond motifs is 3. The number of likely N-dealkylation sites (tertiary alicyclic amines) is 1. The molecule has 3 nitrogen and oxygen atoms in total. The summed E-state index contributed by atoms with van der Waals surface area (Å²) in [4.78, 5) is 2.77. The second kappa shape index (κ2) is 6.86. The van der Waals surface area contributed by atoms with Crippen LogP contribution in [0.4, 0.5) is 5.69 Å². The zero-order chi connectivity index (χ0) is 18.5. The second-order valence-electron chi connectivity index (χ2n) is 9.43. The standard InChI is InChI=1S/C25H33N3/c1-4-12-22-21(10-1)18-28(27-16-7-11-19-8-3-6-14-24(19)27)25(22)26-17-15-20-9-2-5-13-23(20)26/h3,6,8,13-14,20-21H,1-2,4-5,7,9-12,15-18H2. The normalized spacial score (nSPS) is 29.6. The molecule has 0 N–H and O–H groups in total. The van der Waals surface area contributed by atoms with Crippen LogP contribution < -0.4 is 5.01 Å². The van der Waals surface area contributed by atoms with Crippen molar-refractivity contribution in [1.29, 1.82) is 0 Å². The van der Waals surface area contributed by atoms with Gasteiger partial charge in [-0.3, -0.25) is 10.0 Å². The SMILES string of the molecule is C1=C2C(CCC1)CCN2C1=C2CCCCC2CN1N1CCCc2ccccc21. The Morgan fingerprint density at radius 1 is 0.786 bits per heavy atom. The van der Waals surface area contributed by atoms with E-state index in [1.165, 1.54) is 88.5 Å². The lowest BCUT2D eigenvalue weighted by Gasteiger charge is -2.43. The van der Waals surface area contributed by atoms with E-state index in [0.29, 0.717) is 0 Å². The van der Waals surface area contributed by atoms with E-state index >= 15 is 0 Å². The van der Waals surface area contributed by atoms with Crippen LogP contribution in [0.15, 0.2) is 47.4 Å². The van der Waals surface area contributed by atoms with Gasteiger partial charge in [0.25, 0.3) is 0 Å². The van der Waals surface area contributed by atoms with Gasteiger partial charge in [-0.25, -0.2) is 0 Å². The maximum Gasteiger partial charge on any atom is 0.127 e. The van der Waals surface area contributed by atoms with Gasteiger partial charge in [0.05, 0.1) is 5.69 Å². The van der Waals surface area contributed by atoms with Crippen LogP contribution in [0.25, 0.3) is 0 Å². The maximum absolute atomic E-state index is 2.77. The van der Waals surface area contributed by atoms with Crippen molar-refractivity contribution in [1.82, 2.24) is 9.91 Å². The molecule has 0 aromatic heterocycles. The molecule has 3 heterocycles. The van der Waals surface area contributed by atoms with Gasteiger partial charge in [0, 0.05) is 37.2 Å². The summed E-state index contributed by atoms with van der Waals surface area (Å²) >= 11 is 0. The molecule has 3 aliphatic heterocycles. The van der Waals surface area contributed by atoms with Crippen molar-refractivity contribution in [3.63, 3.8) is 0 Å². The topological polar surface area (TPSA) is 9.72 Å². The molecule has 1 saturated heterocycles. The third-order valence-corrected chi connectivity index (χ3v) is 7.84. The molecule has 2 aliphatic carbocycles. The molecule has 28 heavy (non-hydrogen) atoms. The summed E-state index contributed by atoms with van der Waals surface area (Å²) in [5.41, 5.74) is 6.43. The van der Waals surface area contributed by atoms with E-state index in [1.54, 1.807) is 17.1 Å². The van der Waals surface area contributed by atoms with Crippen LogP contribution in [-0.4, -0.2) is 29.5 Å². The number of rotatable bonds is 2. The van der Waals surface area contributed by atoms with Crippen molar-refractivity contribution in [2.45, 2.75) is 64.2 Å². The molecular formula is C25H33N3. The third kappa shape index (κ3) is 2.62. The summed E-state index contributed by atoms with van der Waals surface area (Å²) < 4.78 is 0. The number of allylic oxidation sites excluding steroid dienone is 2. The maximum atomic E-state index is 2.77. The Morgan fingerprint density at radius 2 is 1.71 bits per heavy atom. The summed E-state index contributed by atoms with van der Waals surface area (Å²) in [7, 11) is 0. The highest BCUT2D eigenvalue weighted by atomic mass is 15.7. The van der Waals surface area contributed by atoms with E-state index in [4.69, 9.17) is 0 Å². The average molecular weight is 376 g/mol. The molecule has 0 bridgehead atoms. The van der Waals surface area contributed by atoms with Gasteiger partial charge >= 0.3 is 0 Å². The molecule has 148 valence electrons. The molecule has 0 radical (unpaired) electrons. The van der Waals surface area contributed by atoms with E-state index in [-0.39, 0.29) is 0 Å². The molecule has 0 spiro atoms. The highest BCUT2D eigenvalue weighted by Crippen LogP contribution is 2.47. The first-order chi connectivity index (χ1) is 13.9. The first-order valence-electron chi connectivity index (χ1n) is 11.7. The van der Waals surface area contributed by atoms with Gasteiger partial charge in [0.2, 0.25) is 0 Å². The summed E-state index contributed by atoms with van der Waals surface area (Å²) in [6.07, 6.45) is 16.0. The molecule has 2 unspecified atom stereocenters. The predicted molar refractivity (Wildman–Crippen MR) is 115 cm³/mol. The van der Waals surface area contributed by atoms with Gasteiger partial charge in [-0.05, 0) is 75.0 Å². The summed E-state index contributed by atoms with van der Waals surface area (Å²) in [6, 6.07) is 9.13. The Morgan fingerprint density at radius 3 is 2.71 bits per heavy atom. The Balaban J connectivity index is 1.42.